The normalized spacial score (nSPS) is 17.7. The smallest absolute Gasteiger partial charge is 0.269 e. The minimum Gasteiger partial charge on any atom is -0.380 e. The van der Waals surface area contributed by atoms with Crippen LogP contribution in [0, 0.1) is 0 Å². The lowest BCUT2D eigenvalue weighted by atomic mass is 10.2. The van der Waals surface area contributed by atoms with Crippen LogP contribution in [0.1, 0.15) is 6.92 Å². The minimum atomic E-state index is -0.137. The molecule has 0 spiro atoms. The lowest BCUT2D eigenvalue weighted by Crippen LogP contribution is -2.37. The number of carbonyl (C=O) groups excluding carboxylic acids is 1. The highest BCUT2D eigenvalue weighted by Crippen LogP contribution is 2.25. The maximum Gasteiger partial charge on any atom is 0.269 e. The number of hydrogen-bond donors (Lipinski definition) is 0. The number of hydrogen-bond acceptors (Lipinski definition) is 5. The van der Waals surface area contributed by atoms with Crippen LogP contribution in [0.25, 0.3) is 0 Å². The topological polar surface area (TPSA) is 57.5 Å². The number of rotatable bonds is 5. The van der Waals surface area contributed by atoms with Gasteiger partial charge in [-0.1, -0.05) is 33.8 Å². The summed E-state index contributed by atoms with van der Waals surface area (Å²) in [7, 11) is 3.29. The summed E-state index contributed by atoms with van der Waals surface area (Å²) >= 11 is 3.44. The molecule has 0 bridgehead atoms. The molecule has 0 aromatic carbocycles. The standard InChI is InChI=1S/C12H17BrN4O2/c1-5-6-11(13)10(8-19-4)9(2)17-12(18)7-16(3)14-15-17/h5-6H,1,7-8H2,2-4H3. The van der Waals surface area contributed by atoms with Gasteiger partial charge in [0.2, 0.25) is 0 Å². The molecule has 1 aliphatic heterocycles. The number of halogens is 1. The molecule has 0 aliphatic carbocycles. The van der Waals surface area contributed by atoms with Crippen molar-refractivity contribution in [3.05, 3.63) is 34.5 Å². The van der Waals surface area contributed by atoms with Crippen LogP contribution in [-0.4, -0.2) is 43.2 Å². The third kappa shape index (κ3) is 4.00. The molecule has 0 unspecified atom stereocenters. The van der Waals surface area contributed by atoms with Crippen molar-refractivity contribution < 1.29 is 9.53 Å². The number of nitrogens with zero attached hydrogens (tertiary/aromatic N) is 4. The molecule has 0 saturated carbocycles. The van der Waals surface area contributed by atoms with Crippen LogP contribution in [-0.2, 0) is 9.53 Å². The molecular weight excluding hydrogens is 312 g/mol. The number of amides is 1. The van der Waals surface area contributed by atoms with Gasteiger partial charge >= 0.3 is 0 Å². The molecule has 0 aromatic rings. The monoisotopic (exact) mass is 328 g/mol. The van der Waals surface area contributed by atoms with Crippen molar-refractivity contribution in [2.45, 2.75) is 6.92 Å². The predicted molar refractivity (Wildman–Crippen MR) is 76.1 cm³/mol. The van der Waals surface area contributed by atoms with Crippen molar-refractivity contribution >= 4 is 21.8 Å². The summed E-state index contributed by atoms with van der Waals surface area (Å²) < 4.78 is 5.95. The lowest BCUT2D eigenvalue weighted by molar-refractivity contribution is -0.133. The molecule has 0 radical (unpaired) electrons. The highest BCUT2D eigenvalue weighted by atomic mass is 79.9. The van der Waals surface area contributed by atoms with Crippen LogP contribution in [0.4, 0.5) is 0 Å². The van der Waals surface area contributed by atoms with E-state index in [2.05, 4.69) is 33.0 Å². The Morgan fingerprint density at radius 1 is 1.58 bits per heavy atom. The summed E-state index contributed by atoms with van der Waals surface area (Å²) in [5, 5.41) is 10.5. The minimum absolute atomic E-state index is 0.137. The first-order chi connectivity index (χ1) is 9.01. The van der Waals surface area contributed by atoms with Gasteiger partial charge in [-0.25, -0.2) is 0 Å². The van der Waals surface area contributed by atoms with Crippen molar-refractivity contribution in [2.75, 3.05) is 27.3 Å². The van der Waals surface area contributed by atoms with Crippen molar-refractivity contribution in [1.82, 2.24) is 10.0 Å². The fourth-order valence-electron chi connectivity index (χ4n) is 1.53. The predicted octanol–water partition coefficient (Wildman–Crippen LogP) is 2.43. The lowest BCUT2D eigenvalue weighted by Gasteiger charge is -2.25. The van der Waals surface area contributed by atoms with Crippen LogP contribution in [0.5, 0.6) is 0 Å². The van der Waals surface area contributed by atoms with E-state index in [1.54, 1.807) is 33.2 Å². The molecule has 0 saturated heterocycles. The van der Waals surface area contributed by atoms with Gasteiger partial charge in [0, 0.05) is 24.2 Å². The molecule has 0 atom stereocenters. The summed E-state index contributed by atoms with van der Waals surface area (Å²) in [5.74, 6) is -0.137. The van der Waals surface area contributed by atoms with E-state index in [1.165, 1.54) is 10.0 Å². The fraction of sp³-hybridized carbons (Fsp3) is 0.417. The molecule has 104 valence electrons. The van der Waals surface area contributed by atoms with E-state index in [0.717, 1.165) is 10.1 Å². The molecule has 1 heterocycles. The first-order valence-electron chi connectivity index (χ1n) is 5.64. The zero-order chi connectivity index (χ0) is 14.4. The van der Waals surface area contributed by atoms with Gasteiger partial charge in [-0.2, -0.15) is 5.01 Å². The van der Waals surface area contributed by atoms with Crippen LogP contribution in [0.2, 0.25) is 0 Å². The second-order valence-corrected chi connectivity index (χ2v) is 4.80. The van der Waals surface area contributed by atoms with Crippen LogP contribution in [0.15, 0.2) is 44.9 Å². The fourth-order valence-corrected chi connectivity index (χ4v) is 2.12. The maximum atomic E-state index is 11.9. The Labute approximate surface area is 121 Å². The summed E-state index contributed by atoms with van der Waals surface area (Å²) in [5.41, 5.74) is 1.49. The molecule has 1 rings (SSSR count). The van der Waals surface area contributed by atoms with Crippen molar-refractivity contribution in [2.24, 2.45) is 10.4 Å². The first kappa shape index (κ1) is 15.6. The first-order valence-corrected chi connectivity index (χ1v) is 6.43. The summed E-state index contributed by atoms with van der Waals surface area (Å²) in [6.45, 7) is 5.99. The Bertz CT molecular complexity index is 457. The van der Waals surface area contributed by atoms with Gasteiger partial charge in [0.05, 0.1) is 12.3 Å². The zero-order valence-electron chi connectivity index (χ0n) is 11.3. The summed E-state index contributed by atoms with van der Waals surface area (Å²) in [6.07, 6.45) is 3.44. The molecule has 1 aliphatic rings. The Balaban J connectivity index is 3.15. The van der Waals surface area contributed by atoms with Gasteiger partial charge in [-0.3, -0.25) is 9.80 Å². The van der Waals surface area contributed by atoms with Gasteiger partial charge in [0.15, 0.2) is 0 Å². The van der Waals surface area contributed by atoms with Crippen molar-refractivity contribution in [3.8, 4) is 0 Å². The molecule has 7 heteroatoms. The van der Waals surface area contributed by atoms with Crippen LogP contribution in [0.3, 0.4) is 0 Å². The van der Waals surface area contributed by atoms with E-state index < -0.39 is 0 Å². The number of carbonyl (C=O) groups is 1. The van der Waals surface area contributed by atoms with Gasteiger partial charge in [-0.05, 0) is 18.2 Å². The number of allylic oxidation sites excluding steroid dienone is 3. The highest BCUT2D eigenvalue weighted by molar-refractivity contribution is 9.12. The number of methoxy groups -OCH3 is 1. The molecule has 0 fully saturated rings. The summed E-state index contributed by atoms with van der Waals surface area (Å²) in [6, 6.07) is 0. The van der Waals surface area contributed by atoms with Gasteiger partial charge < -0.3 is 4.74 Å². The van der Waals surface area contributed by atoms with Crippen molar-refractivity contribution in [3.63, 3.8) is 0 Å². The van der Waals surface area contributed by atoms with Crippen LogP contribution < -0.4 is 0 Å². The largest absolute Gasteiger partial charge is 0.380 e. The average molecular weight is 329 g/mol. The van der Waals surface area contributed by atoms with E-state index in [4.69, 9.17) is 4.74 Å². The second kappa shape index (κ2) is 7.20. The third-order valence-corrected chi connectivity index (χ3v) is 3.22. The van der Waals surface area contributed by atoms with Gasteiger partial charge in [0.25, 0.3) is 5.91 Å². The Kier molecular flexibility index (Phi) is 5.91. The van der Waals surface area contributed by atoms with Gasteiger partial charge in [0.1, 0.15) is 6.54 Å². The Morgan fingerprint density at radius 3 is 2.79 bits per heavy atom. The van der Waals surface area contributed by atoms with E-state index in [0.29, 0.717) is 12.3 Å². The highest BCUT2D eigenvalue weighted by Gasteiger charge is 2.23. The quantitative estimate of drug-likeness (QED) is 0.728. The van der Waals surface area contributed by atoms with E-state index in [-0.39, 0.29) is 12.5 Å². The molecule has 6 nitrogen and oxygen atoms in total. The zero-order valence-corrected chi connectivity index (χ0v) is 12.8. The average Bonchev–Trinajstić information content (AvgIpc) is 2.35. The third-order valence-electron chi connectivity index (χ3n) is 2.48. The number of likely N-dealkylation sites (N-methyl/N-ethyl adjacent to an activating group) is 1. The van der Waals surface area contributed by atoms with E-state index in [9.17, 15) is 4.79 Å². The molecule has 0 N–H and O–H groups in total. The SMILES string of the molecule is C=CC=C(Br)C(COC)=C(C)N1N=NN(C)CC1=O. The Hall–Kier alpha value is -1.47. The second-order valence-electron chi connectivity index (χ2n) is 3.95. The van der Waals surface area contributed by atoms with E-state index in [1.807, 2.05) is 0 Å². The van der Waals surface area contributed by atoms with Gasteiger partial charge in [-0.15, -0.1) is 0 Å². The molecule has 0 aromatic heterocycles. The van der Waals surface area contributed by atoms with E-state index >= 15 is 0 Å². The Morgan fingerprint density at radius 2 is 2.26 bits per heavy atom. The van der Waals surface area contributed by atoms with Crippen molar-refractivity contribution in [1.29, 1.82) is 0 Å². The molecular formula is C12H17BrN4O2. The number of ether oxygens (including phenoxy) is 1. The molecule has 19 heavy (non-hydrogen) atoms. The summed E-state index contributed by atoms with van der Waals surface area (Å²) in [4.78, 5) is 11.9. The maximum absolute atomic E-state index is 11.9. The molecule has 1 amide bonds. The van der Waals surface area contributed by atoms with Crippen LogP contribution >= 0.6 is 15.9 Å².